The van der Waals surface area contributed by atoms with Crippen LogP contribution in [0.4, 0.5) is 5.69 Å². The number of rotatable bonds is 1. The Hall–Kier alpha value is -0.290. The molecule has 0 saturated heterocycles. The molecule has 0 aliphatic carbocycles. The summed E-state index contributed by atoms with van der Waals surface area (Å²) in [6.45, 7) is 0.227. The highest BCUT2D eigenvalue weighted by Crippen LogP contribution is 2.26. The van der Waals surface area contributed by atoms with Crippen molar-refractivity contribution in [2.24, 2.45) is 0 Å². The van der Waals surface area contributed by atoms with Gasteiger partial charge in [0, 0.05) is 15.3 Å². The molecule has 1 aliphatic heterocycles. The number of halogens is 1. The van der Waals surface area contributed by atoms with E-state index in [0.29, 0.717) is 0 Å². The van der Waals surface area contributed by atoms with Crippen molar-refractivity contribution < 1.29 is 5.11 Å². The number of benzene rings is 1. The zero-order valence-corrected chi connectivity index (χ0v) is 9.41. The molecule has 13 heavy (non-hydrogen) atoms. The van der Waals surface area contributed by atoms with Gasteiger partial charge in [0.15, 0.2) is 0 Å². The Kier molecular flexibility index (Phi) is 2.74. The Morgan fingerprint density at radius 3 is 3.15 bits per heavy atom. The summed E-state index contributed by atoms with van der Waals surface area (Å²) in [5.41, 5.74) is 2.56. The fraction of sp³-hybridized carbons (Fsp3) is 0.400. The number of aliphatic hydroxyl groups excluding tert-OH is 1. The first kappa shape index (κ1) is 9.27. The van der Waals surface area contributed by atoms with E-state index in [9.17, 15) is 0 Å². The van der Waals surface area contributed by atoms with Crippen LogP contribution < -0.4 is 5.32 Å². The average molecular weight is 289 g/mol. The lowest BCUT2D eigenvalue weighted by Crippen LogP contribution is -2.28. The van der Waals surface area contributed by atoms with Crippen LogP contribution in [0.2, 0.25) is 0 Å². The van der Waals surface area contributed by atoms with Gasteiger partial charge in [0.1, 0.15) is 0 Å². The van der Waals surface area contributed by atoms with Crippen molar-refractivity contribution in [3.8, 4) is 0 Å². The Bertz CT molecular complexity index is 314. The van der Waals surface area contributed by atoms with Gasteiger partial charge in [0.25, 0.3) is 0 Å². The van der Waals surface area contributed by atoms with Crippen LogP contribution in [0.25, 0.3) is 0 Å². The van der Waals surface area contributed by atoms with Gasteiger partial charge in [0.2, 0.25) is 0 Å². The predicted octanol–water partition coefficient (Wildman–Crippen LogP) is 2.01. The fourth-order valence-electron chi connectivity index (χ4n) is 1.66. The molecule has 0 unspecified atom stereocenters. The summed E-state index contributed by atoms with van der Waals surface area (Å²) < 4.78 is 1.24. The standard InChI is InChI=1S/C10H12INO/c11-8-3-1-7-2-4-9(6-13)12-10(7)5-8/h1,3,5,9,12-13H,2,4,6H2/t9-/m0/s1. The number of aryl methyl sites for hydroxylation is 1. The summed E-state index contributed by atoms with van der Waals surface area (Å²) in [6, 6.07) is 6.67. The topological polar surface area (TPSA) is 32.3 Å². The van der Waals surface area contributed by atoms with E-state index >= 15 is 0 Å². The number of anilines is 1. The molecule has 0 radical (unpaired) electrons. The third kappa shape index (κ3) is 1.96. The molecule has 1 atom stereocenters. The first-order valence-electron chi connectivity index (χ1n) is 4.45. The largest absolute Gasteiger partial charge is 0.394 e. The highest BCUT2D eigenvalue weighted by atomic mass is 127. The summed E-state index contributed by atoms with van der Waals surface area (Å²) >= 11 is 2.30. The molecule has 0 bridgehead atoms. The third-order valence-electron chi connectivity index (χ3n) is 2.41. The molecule has 2 nitrogen and oxygen atoms in total. The van der Waals surface area contributed by atoms with E-state index in [4.69, 9.17) is 5.11 Å². The fourth-order valence-corrected chi connectivity index (χ4v) is 2.15. The van der Waals surface area contributed by atoms with E-state index in [0.717, 1.165) is 12.8 Å². The van der Waals surface area contributed by atoms with Crippen LogP contribution >= 0.6 is 22.6 Å². The van der Waals surface area contributed by atoms with Gasteiger partial charge in [0.05, 0.1) is 6.61 Å². The van der Waals surface area contributed by atoms with Crippen molar-refractivity contribution in [2.75, 3.05) is 11.9 Å². The van der Waals surface area contributed by atoms with Gasteiger partial charge in [-0.2, -0.15) is 0 Å². The first-order valence-corrected chi connectivity index (χ1v) is 5.53. The number of hydrogen-bond acceptors (Lipinski definition) is 2. The Morgan fingerprint density at radius 2 is 2.38 bits per heavy atom. The molecule has 0 fully saturated rings. The zero-order chi connectivity index (χ0) is 9.26. The molecule has 2 rings (SSSR count). The quantitative estimate of drug-likeness (QED) is 0.775. The van der Waals surface area contributed by atoms with E-state index in [-0.39, 0.29) is 12.6 Å². The summed E-state index contributed by atoms with van der Waals surface area (Å²) in [7, 11) is 0. The molecule has 2 N–H and O–H groups in total. The van der Waals surface area contributed by atoms with Gasteiger partial charge in [-0.1, -0.05) is 6.07 Å². The SMILES string of the molecule is OC[C@@H]1CCc2ccc(I)cc2N1. The minimum Gasteiger partial charge on any atom is -0.394 e. The van der Waals surface area contributed by atoms with E-state index in [2.05, 4.69) is 46.1 Å². The maximum absolute atomic E-state index is 9.02. The van der Waals surface area contributed by atoms with Gasteiger partial charge in [-0.15, -0.1) is 0 Å². The van der Waals surface area contributed by atoms with Crippen molar-refractivity contribution >= 4 is 28.3 Å². The van der Waals surface area contributed by atoms with Crippen molar-refractivity contribution in [3.05, 3.63) is 27.3 Å². The van der Waals surface area contributed by atoms with E-state index in [1.54, 1.807) is 0 Å². The maximum Gasteiger partial charge on any atom is 0.0632 e. The Morgan fingerprint density at radius 1 is 1.54 bits per heavy atom. The number of aliphatic hydroxyl groups is 1. The summed E-state index contributed by atoms with van der Waals surface area (Å²) in [4.78, 5) is 0. The Labute approximate surface area is 91.5 Å². The van der Waals surface area contributed by atoms with Crippen LogP contribution in [0.15, 0.2) is 18.2 Å². The lowest BCUT2D eigenvalue weighted by molar-refractivity contribution is 0.267. The predicted molar refractivity (Wildman–Crippen MR) is 62.0 cm³/mol. The minimum absolute atomic E-state index is 0.227. The van der Waals surface area contributed by atoms with E-state index in [1.807, 2.05) is 0 Å². The molecular weight excluding hydrogens is 277 g/mol. The number of fused-ring (bicyclic) bond motifs is 1. The van der Waals surface area contributed by atoms with E-state index in [1.165, 1.54) is 14.8 Å². The first-order chi connectivity index (χ1) is 6.29. The molecule has 1 aliphatic rings. The second-order valence-corrected chi connectivity index (χ2v) is 4.61. The maximum atomic E-state index is 9.02. The van der Waals surface area contributed by atoms with Crippen LogP contribution in [0.5, 0.6) is 0 Å². The molecule has 1 heterocycles. The van der Waals surface area contributed by atoms with Crippen LogP contribution in [-0.2, 0) is 6.42 Å². The van der Waals surface area contributed by atoms with E-state index < -0.39 is 0 Å². The number of hydrogen-bond donors (Lipinski definition) is 2. The molecule has 3 heteroatoms. The molecule has 0 saturated carbocycles. The highest BCUT2D eigenvalue weighted by Gasteiger charge is 2.16. The molecule has 1 aromatic carbocycles. The van der Waals surface area contributed by atoms with Crippen molar-refractivity contribution in [1.29, 1.82) is 0 Å². The second-order valence-electron chi connectivity index (χ2n) is 3.36. The summed E-state index contributed by atoms with van der Waals surface area (Å²) in [5.74, 6) is 0. The average Bonchev–Trinajstić information content (AvgIpc) is 2.16. The normalized spacial score (nSPS) is 20.6. The van der Waals surface area contributed by atoms with Crippen LogP contribution in [0.3, 0.4) is 0 Å². The lowest BCUT2D eigenvalue weighted by Gasteiger charge is -2.25. The molecule has 70 valence electrons. The smallest absolute Gasteiger partial charge is 0.0632 e. The highest BCUT2D eigenvalue weighted by molar-refractivity contribution is 14.1. The number of nitrogens with one attached hydrogen (secondary N) is 1. The van der Waals surface area contributed by atoms with Crippen LogP contribution in [0.1, 0.15) is 12.0 Å². The van der Waals surface area contributed by atoms with Gasteiger partial charge in [-0.05, 0) is 53.1 Å². The second kappa shape index (κ2) is 3.84. The Balaban J connectivity index is 2.27. The molecule has 1 aromatic rings. The monoisotopic (exact) mass is 289 g/mol. The molecule has 0 aromatic heterocycles. The van der Waals surface area contributed by atoms with Gasteiger partial charge < -0.3 is 10.4 Å². The molecule has 0 amide bonds. The molecule has 0 spiro atoms. The van der Waals surface area contributed by atoms with Crippen molar-refractivity contribution in [1.82, 2.24) is 0 Å². The minimum atomic E-state index is 0.227. The zero-order valence-electron chi connectivity index (χ0n) is 7.26. The third-order valence-corrected chi connectivity index (χ3v) is 3.09. The van der Waals surface area contributed by atoms with Crippen LogP contribution in [0, 0.1) is 3.57 Å². The van der Waals surface area contributed by atoms with Crippen molar-refractivity contribution in [2.45, 2.75) is 18.9 Å². The van der Waals surface area contributed by atoms with Gasteiger partial charge >= 0.3 is 0 Å². The summed E-state index contributed by atoms with van der Waals surface area (Å²) in [6.07, 6.45) is 2.11. The molecular formula is C10H12INO. The van der Waals surface area contributed by atoms with Crippen LogP contribution in [-0.4, -0.2) is 17.8 Å². The van der Waals surface area contributed by atoms with Crippen molar-refractivity contribution in [3.63, 3.8) is 0 Å². The lowest BCUT2D eigenvalue weighted by atomic mass is 9.99. The summed E-state index contributed by atoms with van der Waals surface area (Å²) in [5, 5.41) is 12.4. The van der Waals surface area contributed by atoms with Gasteiger partial charge in [-0.25, -0.2) is 0 Å². The van der Waals surface area contributed by atoms with Gasteiger partial charge in [-0.3, -0.25) is 0 Å².